The summed E-state index contributed by atoms with van der Waals surface area (Å²) < 4.78 is 5.21. The van der Waals surface area contributed by atoms with Gasteiger partial charge in [0.1, 0.15) is 12.1 Å². The Kier molecular flexibility index (Phi) is 2.63. The van der Waals surface area contributed by atoms with Crippen LogP contribution in [0.15, 0.2) is 12.4 Å². The third kappa shape index (κ3) is 2.01. The minimum atomic E-state index is 0.426. The second kappa shape index (κ2) is 3.92. The van der Waals surface area contributed by atoms with Gasteiger partial charge in [-0.05, 0) is 19.8 Å². The minimum Gasteiger partial charge on any atom is -0.381 e. The summed E-state index contributed by atoms with van der Waals surface area (Å²) in [4.78, 5) is 8.20. The lowest BCUT2D eigenvalue weighted by molar-refractivity contribution is 0.0328. The van der Waals surface area contributed by atoms with E-state index in [1.54, 1.807) is 13.4 Å². The van der Waals surface area contributed by atoms with Crippen molar-refractivity contribution in [2.24, 2.45) is 0 Å². The van der Waals surface area contributed by atoms with Crippen LogP contribution >= 0.6 is 0 Å². The second-order valence-corrected chi connectivity index (χ2v) is 3.72. The molecule has 1 N–H and O–H groups in total. The molecule has 1 aromatic heterocycles. The van der Waals surface area contributed by atoms with Gasteiger partial charge in [-0.25, -0.2) is 9.97 Å². The molecule has 1 heterocycles. The number of rotatable bonds is 3. The van der Waals surface area contributed by atoms with Crippen molar-refractivity contribution in [3.63, 3.8) is 0 Å². The van der Waals surface area contributed by atoms with Gasteiger partial charge in [-0.2, -0.15) is 0 Å². The van der Waals surface area contributed by atoms with E-state index in [0.29, 0.717) is 12.1 Å². The van der Waals surface area contributed by atoms with Gasteiger partial charge < -0.3 is 10.1 Å². The molecule has 0 atom stereocenters. The van der Waals surface area contributed by atoms with Crippen molar-refractivity contribution >= 4 is 5.82 Å². The number of ether oxygens (including phenoxy) is 1. The Balaban J connectivity index is 1.87. The van der Waals surface area contributed by atoms with Crippen LogP contribution in [0.5, 0.6) is 0 Å². The van der Waals surface area contributed by atoms with Gasteiger partial charge in [0, 0.05) is 24.9 Å². The molecule has 2 rings (SSSR count). The summed E-state index contributed by atoms with van der Waals surface area (Å²) in [6, 6.07) is 2.47. The van der Waals surface area contributed by atoms with Gasteiger partial charge in [-0.3, -0.25) is 0 Å². The van der Waals surface area contributed by atoms with Gasteiger partial charge in [0.05, 0.1) is 6.10 Å². The predicted octanol–water partition coefficient (Wildman–Crippen LogP) is 1.37. The molecule has 1 fully saturated rings. The molecule has 0 amide bonds. The number of hydrogen-bond acceptors (Lipinski definition) is 4. The first-order chi connectivity index (χ1) is 6.78. The highest BCUT2D eigenvalue weighted by molar-refractivity contribution is 5.36. The summed E-state index contributed by atoms with van der Waals surface area (Å²) in [5.74, 6) is 0.914. The zero-order chi connectivity index (χ0) is 9.97. The lowest BCUT2D eigenvalue weighted by atomic mass is 9.89. The highest BCUT2D eigenvalue weighted by Crippen LogP contribution is 2.25. The van der Waals surface area contributed by atoms with E-state index >= 15 is 0 Å². The zero-order valence-corrected chi connectivity index (χ0v) is 8.53. The third-order valence-corrected chi connectivity index (χ3v) is 2.58. The number of aryl methyl sites for hydroxylation is 1. The maximum Gasteiger partial charge on any atom is 0.129 e. The standard InChI is InChI=1S/C10H15N3O/c1-7-3-10(12-6-11-7)13-8-4-9(5-8)14-2/h3,6,8-9H,4-5H2,1-2H3,(H,11,12,13). The van der Waals surface area contributed by atoms with Gasteiger partial charge >= 0.3 is 0 Å². The molecule has 0 aliphatic heterocycles. The molecule has 1 saturated carbocycles. The predicted molar refractivity (Wildman–Crippen MR) is 54.2 cm³/mol. The van der Waals surface area contributed by atoms with E-state index in [-0.39, 0.29) is 0 Å². The molecule has 1 aromatic rings. The monoisotopic (exact) mass is 193 g/mol. The van der Waals surface area contributed by atoms with Gasteiger partial charge in [-0.15, -0.1) is 0 Å². The Labute approximate surface area is 83.7 Å². The lowest BCUT2D eigenvalue weighted by Crippen LogP contribution is -2.40. The number of nitrogens with one attached hydrogen (secondary N) is 1. The molecular weight excluding hydrogens is 178 g/mol. The van der Waals surface area contributed by atoms with Gasteiger partial charge in [0.2, 0.25) is 0 Å². The highest BCUT2D eigenvalue weighted by Gasteiger charge is 2.28. The van der Waals surface area contributed by atoms with Crippen LogP contribution < -0.4 is 5.32 Å². The van der Waals surface area contributed by atoms with Crippen LogP contribution in [0.3, 0.4) is 0 Å². The van der Waals surface area contributed by atoms with Crippen molar-refractivity contribution in [3.05, 3.63) is 18.1 Å². The number of hydrogen-bond donors (Lipinski definition) is 1. The van der Waals surface area contributed by atoms with E-state index in [4.69, 9.17) is 4.74 Å². The molecule has 76 valence electrons. The van der Waals surface area contributed by atoms with E-state index in [1.807, 2.05) is 13.0 Å². The number of methoxy groups -OCH3 is 1. The largest absolute Gasteiger partial charge is 0.381 e. The van der Waals surface area contributed by atoms with Gasteiger partial charge in [0.25, 0.3) is 0 Å². The van der Waals surface area contributed by atoms with E-state index in [9.17, 15) is 0 Å². The molecular formula is C10H15N3O. The summed E-state index contributed by atoms with van der Waals surface area (Å²) in [5.41, 5.74) is 0.991. The molecule has 0 unspecified atom stereocenters. The topological polar surface area (TPSA) is 47.0 Å². The summed E-state index contributed by atoms with van der Waals surface area (Å²) in [7, 11) is 1.76. The summed E-state index contributed by atoms with van der Waals surface area (Å²) >= 11 is 0. The maximum absolute atomic E-state index is 5.21. The quantitative estimate of drug-likeness (QED) is 0.787. The Morgan fingerprint density at radius 2 is 2.21 bits per heavy atom. The summed E-state index contributed by atoms with van der Waals surface area (Å²) in [5, 5.41) is 3.35. The van der Waals surface area contributed by atoms with Crippen LogP contribution in [0.25, 0.3) is 0 Å². The van der Waals surface area contributed by atoms with E-state index in [1.165, 1.54) is 0 Å². The second-order valence-electron chi connectivity index (χ2n) is 3.72. The fourth-order valence-corrected chi connectivity index (χ4v) is 1.62. The fraction of sp³-hybridized carbons (Fsp3) is 0.600. The van der Waals surface area contributed by atoms with Crippen LogP contribution in [0.1, 0.15) is 18.5 Å². The first kappa shape index (κ1) is 9.40. The van der Waals surface area contributed by atoms with Gasteiger partial charge in [-0.1, -0.05) is 0 Å². The Hall–Kier alpha value is -1.16. The number of nitrogens with zero attached hydrogens (tertiary/aromatic N) is 2. The van der Waals surface area contributed by atoms with E-state index in [0.717, 1.165) is 24.4 Å². The van der Waals surface area contributed by atoms with Crippen LogP contribution in [0, 0.1) is 6.92 Å². The molecule has 0 spiro atoms. The lowest BCUT2D eigenvalue weighted by Gasteiger charge is -2.34. The first-order valence-electron chi connectivity index (χ1n) is 4.86. The molecule has 4 nitrogen and oxygen atoms in total. The average Bonchev–Trinajstić information content (AvgIpc) is 2.10. The van der Waals surface area contributed by atoms with Crippen LogP contribution in [0.4, 0.5) is 5.82 Å². The molecule has 4 heteroatoms. The Morgan fingerprint density at radius 3 is 2.86 bits per heavy atom. The average molecular weight is 193 g/mol. The van der Waals surface area contributed by atoms with E-state index < -0.39 is 0 Å². The molecule has 1 aliphatic carbocycles. The van der Waals surface area contributed by atoms with Crippen LogP contribution in [0.2, 0.25) is 0 Å². The first-order valence-corrected chi connectivity index (χ1v) is 4.86. The maximum atomic E-state index is 5.21. The summed E-state index contributed by atoms with van der Waals surface area (Å²) in [6.45, 7) is 1.96. The van der Waals surface area contributed by atoms with Crippen molar-refractivity contribution in [1.82, 2.24) is 9.97 Å². The Bertz CT molecular complexity index is 310. The van der Waals surface area contributed by atoms with Crippen molar-refractivity contribution < 1.29 is 4.74 Å². The molecule has 14 heavy (non-hydrogen) atoms. The minimum absolute atomic E-state index is 0.426. The van der Waals surface area contributed by atoms with E-state index in [2.05, 4.69) is 15.3 Å². The molecule has 0 aromatic carbocycles. The van der Waals surface area contributed by atoms with Crippen LogP contribution in [-0.2, 0) is 4.74 Å². The normalized spacial score (nSPS) is 25.6. The summed E-state index contributed by atoms with van der Waals surface area (Å²) in [6.07, 6.45) is 4.15. The van der Waals surface area contributed by atoms with Crippen molar-refractivity contribution in [1.29, 1.82) is 0 Å². The SMILES string of the molecule is COC1CC(Nc2cc(C)ncn2)C1. The smallest absolute Gasteiger partial charge is 0.129 e. The van der Waals surface area contributed by atoms with Crippen molar-refractivity contribution in [3.8, 4) is 0 Å². The third-order valence-electron chi connectivity index (χ3n) is 2.58. The molecule has 0 radical (unpaired) electrons. The highest BCUT2D eigenvalue weighted by atomic mass is 16.5. The number of anilines is 1. The molecule has 1 aliphatic rings. The van der Waals surface area contributed by atoms with Crippen LogP contribution in [-0.4, -0.2) is 29.2 Å². The van der Waals surface area contributed by atoms with Crippen molar-refractivity contribution in [2.45, 2.75) is 31.9 Å². The van der Waals surface area contributed by atoms with Gasteiger partial charge in [0.15, 0.2) is 0 Å². The number of aromatic nitrogens is 2. The zero-order valence-electron chi connectivity index (χ0n) is 8.53. The molecule has 0 saturated heterocycles. The van der Waals surface area contributed by atoms with Crippen molar-refractivity contribution in [2.75, 3.05) is 12.4 Å². The fourth-order valence-electron chi connectivity index (χ4n) is 1.62. The Morgan fingerprint density at radius 1 is 1.43 bits per heavy atom. The molecule has 0 bridgehead atoms.